The highest BCUT2D eigenvalue weighted by atomic mass is 31.1. The van der Waals surface area contributed by atoms with Crippen LogP contribution < -0.4 is 5.30 Å². The van der Waals surface area contributed by atoms with Crippen LogP contribution in [-0.2, 0) is 19.3 Å². The van der Waals surface area contributed by atoms with Crippen LogP contribution in [0.2, 0.25) is 0 Å². The van der Waals surface area contributed by atoms with Crippen LogP contribution in [0.3, 0.4) is 0 Å². The molecule has 1 heteroatoms. The highest BCUT2D eigenvalue weighted by Crippen LogP contribution is 2.24. The summed E-state index contributed by atoms with van der Waals surface area (Å²) in [6, 6.07) is 4.85. The fourth-order valence-electron chi connectivity index (χ4n) is 2.88. The molecule has 1 aromatic carbocycles. The second-order valence-electron chi connectivity index (χ2n) is 5.79. The van der Waals surface area contributed by atoms with Crippen molar-refractivity contribution in [3.63, 3.8) is 0 Å². The Labute approximate surface area is 128 Å². The summed E-state index contributed by atoms with van der Waals surface area (Å²) in [4.78, 5) is 0. The van der Waals surface area contributed by atoms with Gasteiger partial charge >= 0.3 is 0 Å². The molecular formula is C19H33P. The van der Waals surface area contributed by atoms with E-state index < -0.39 is 0 Å². The zero-order chi connectivity index (χ0) is 14.8. The molecule has 0 spiro atoms. The van der Waals surface area contributed by atoms with E-state index in [1.165, 1.54) is 57.8 Å². The maximum Gasteiger partial charge on any atom is -0.0239 e. The van der Waals surface area contributed by atoms with Crippen molar-refractivity contribution in [2.75, 3.05) is 6.66 Å². The monoisotopic (exact) mass is 292 g/mol. The van der Waals surface area contributed by atoms with Gasteiger partial charge in [0.1, 0.15) is 0 Å². The number of hydrogen-bond donors (Lipinski definition) is 0. The summed E-state index contributed by atoms with van der Waals surface area (Å²) in [5.41, 5.74) is 5.09. The van der Waals surface area contributed by atoms with Crippen LogP contribution in [0.1, 0.15) is 76.0 Å². The highest BCUT2D eigenvalue weighted by Gasteiger charge is 2.12. The molecule has 0 fully saturated rings. The number of rotatable bonds is 10. The first-order valence-corrected chi connectivity index (χ1v) is 10.1. The molecule has 0 aliphatic rings. The molecule has 0 bridgehead atoms. The van der Waals surface area contributed by atoms with E-state index in [0.29, 0.717) is 0 Å². The minimum absolute atomic E-state index is 0.940. The zero-order valence-corrected chi connectivity index (χ0v) is 15.0. The largest absolute Gasteiger partial charge is 0.0933 e. The molecule has 0 saturated carbocycles. The maximum atomic E-state index is 2.43. The Morgan fingerprint density at radius 1 is 0.750 bits per heavy atom. The predicted molar refractivity (Wildman–Crippen MR) is 96.2 cm³/mol. The normalized spacial score (nSPS) is 11.6. The first-order valence-electron chi connectivity index (χ1n) is 8.59. The van der Waals surface area contributed by atoms with Gasteiger partial charge in [-0.15, -0.1) is 0 Å². The fraction of sp³-hybridized carbons (Fsp3) is 0.684. The van der Waals surface area contributed by atoms with Gasteiger partial charge < -0.3 is 0 Å². The molecule has 0 saturated heterocycles. The molecule has 1 unspecified atom stereocenters. The lowest BCUT2D eigenvalue weighted by Crippen LogP contribution is -2.12. The van der Waals surface area contributed by atoms with Crippen molar-refractivity contribution in [2.45, 2.75) is 78.6 Å². The maximum absolute atomic E-state index is 2.43. The van der Waals surface area contributed by atoms with Crippen molar-refractivity contribution in [3.05, 3.63) is 28.8 Å². The second kappa shape index (κ2) is 10.4. The van der Waals surface area contributed by atoms with Crippen molar-refractivity contribution in [3.8, 4) is 0 Å². The standard InChI is InChI=1S/C19H33P/c1-5-8-11-16-14-15-19(20-4)18(13-10-7-3)17(16)12-9-6-2/h14-15,20H,5-13H2,1-4H3. The van der Waals surface area contributed by atoms with E-state index in [9.17, 15) is 0 Å². The number of hydrogen-bond acceptors (Lipinski definition) is 0. The number of benzene rings is 1. The van der Waals surface area contributed by atoms with Gasteiger partial charge in [-0.05, 0) is 67.2 Å². The predicted octanol–water partition coefficient (Wildman–Crippen LogP) is 5.65. The Hall–Kier alpha value is -0.350. The second-order valence-corrected chi connectivity index (χ2v) is 6.83. The summed E-state index contributed by atoms with van der Waals surface area (Å²) < 4.78 is 0. The lowest BCUT2D eigenvalue weighted by Gasteiger charge is -2.18. The van der Waals surface area contributed by atoms with Crippen LogP contribution in [0.5, 0.6) is 0 Å². The molecule has 20 heavy (non-hydrogen) atoms. The first-order chi connectivity index (χ1) is 9.78. The lowest BCUT2D eigenvalue weighted by atomic mass is 9.91. The van der Waals surface area contributed by atoms with Crippen molar-refractivity contribution < 1.29 is 0 Å². The summed E-state index contributed by atoms with van der Waals surface area (Å²) in [5.74, 6) is 0. The Morgan fingerprint density at radius 2 is 1.30 bits per heavy atom. The van der Waals surface area contributed by atoms with Gasteiger partial charge in [0.15, 0.2) is 0 Å². The Kier molecular flexibility index (Phi) is 9.19. The third-order valence-electron chi connectivity index (χ3n) is 4.16. The molecule has 0 nitrogen and oxygen atoms in total. The number of unbranched alkanes of at least 4 members (excludes halogenated alkanes) is 3. The molecule has 0 amide bonds. The van der Waals surface area contributed by atoms with Gasteiger partial charge in [0.25, 0.3) is 0 Å². The number of aryl methyl sites for hydroxylation is 1. The van der Waals surface area contributed by atoms with Crippen LogP contribution in [0.4, 0.5) is 0 Å². The van der Waals surface area contributed by atoms with Crippen molar-refractivity contribution >= 4 is 13.9 Å². The molecule has 0 aliphatic heterocycles. The minimum Gasteiger partial charge on any atom is -0.0933 e. The van der Waals surface area contributed by atoms with Crippen molar-refractivity contribution in [1.82, 2.24) is 0 Å². The van der Waals surface area contributed by atoms with Gasteiger partial charge in [0.05, 0.1) is 0 Å². The van der Waals surface area contributed by atoms with E-state index in [2.05, 4.69) is 39.6 Å². The van der Waals surface area contributed by atoms with Gasteiger partial charge in [-0.2, -0.15) is 0 Å². The first kappa shape index (κ1) is 17.7. The van der Waals surface area contributed by atoms with Crippen molar-refractivity contribution in [1.29, 1.82) is 0 Å². The van der Waals surface area contributed by atoms with E-state index in [1.807, 2.05) is 0 Å². The molecule has 0 heterocycles. The Bertz CT molecular complexity index is 382. The molecule has 0 aromatic heterocycles. The third kappa shape index (κ3) is 5.21. The van der Waals surface area contributed by atoms with Gasteiger partial charge in [-0.25, -0.2) is 0 Å². The average Bonchev–Trinajstić information content (AvgIpc) is 2.48. The Balaban J connectivity index is 3.09. The minimum atomic E-state index is 0.940. The van der Waals surface area contributed by atoms with Gasteiger partial charge in [-0.1, -0.05) is 60.7 Å². The quantitative estimate of drug-likeness (QED) is 0.489. The third-order valence-corrected chi connectivity index (χ3v) is 5.16. The molecule has 0 N–H and O–H groups in total. The van der Waals surface area contributed by atoms with Gasteiger partial charge in [0.2, 0.25) is 0 Å². The van der Waals surface area contributed by atoms with Crippen LogP contribution in [0.15, 0.2) is 12.1 Å². The summed E-state index contributed by atoms with van der Waals surface area (Å²) in [6.07, 6.45) is 11.8. The van der Waals surface area contributed by atoms with Gasteiger partial charge in [-0.3, -0.25) is 0 Å². The Morgan fingerprint density at radius 3 is 1.85 bits per heavy atom. The van der Waals surface area contributed by atoms with Crippen LogP contribution in [0, 0.1) is 0 Å². The molecule has 0 radical (unpaired) electrons. The lowest BCUT2D eigenvalue weighted by molar-refractivity contribution is 0.737. The molecule has 1 rings (SSSR count). The molecule has 0 aliphatic carbocycles. The van der Waals surface area contributed by atoms with Crippen LogP contribution in [0.25, 0.3) is 0 Å². The van der Waals surface area contributed by atoms with E-state index in [1.54, 1.807) is 22.0 Å². The van der Waals surface area contributed by atoms with E-state index >= 15 is 0 Å². The molecule has 114 valence electrons. The van der Waals surface area contributed by atoms with Crippen molar-refractivity contribution in [2.24, 2.45) is 0 Å². The topological polar surface area (TPSA) is 0 Å². The van der Waals surface area contributed by atoms with Crippen LogP contribution >= 0.6 is 8.58 Å². The highest BCUT2D eigenvalue weighted by molar-refractivity contribution is 7.46. The van der Waals surface area contributed by atoms with E-state index in [0.717, 1.165) is 8.58 Å². The average molecular weight is 292 g/mol. The molecule has 1 atom stereocenters. The summed E-state index contributed by atoms with van der Waals surface area (Å²) in [6.45, 7) is 9.25. The summed E-state index contributed by atoms with van der Waals surface area (Å²) in [5, 5.41) is 1.63. The van der Waals surface area contributed by atoms with Gasteiger partial charge in [0, 0.05) is 0 Å². The van der Waals surface area contributed by atoms with E-state index in [-0.39, 0.29) is 0 Å². The smallest absolute Gasteiger partial charge is 0.0239 e. The SMILES string of the molecule is CCCCc1ccc(PC)c(CCCC)c1CCCC. The summed E-state index contributed by atoms with van der Waals surface area (Å²) in [7, 11) is 0.940. The molecule has 1 aromatic rings. The molecular weight excluding hydrogens is 259 g/mol. The summed E-state index contributed by atoms with van der Waals surface area (Å²) >= 11 is 0. The fourth-order valence-corrected chi connectivity index (χ4v) is 3.71. The van der Waals surface area contributed by atoms with E-state index in [4.69, 9.17) is 0 Å². The zero-order valence-electron chi connectivity index (χ0n) is 14.0. The van der Waals surface area contributed by atoms with Crippen LogP contribution in [-0.4, -0.2) is 6.66 Å².